The van der Waals surface area contributed by atoms with Crippen LogP contribution in [0.5, 0.6) is 0 Å². The highest BCUT2D eigenvalue weighted by Crippen LogP contribution is 2.21. The van der Waals surface area contributed by atoms with Gasteiger partial charge in [0.1, 0.15) is 0 Å². The van der Waals surface area contributed by atoms with E-state index in [0.717, 1.165) is 48.5 Å². The van der Waals surface area contributed by atoms with Gasteiger partial charge < -0.3 is 0 Å². The molecular formula is C19H18ClN3. The van der Waals surface area contributed by atoms with Gasteiger partial charge in [-0.25, -0.2) is 0 Å². The number of nitrogens with zero attached hydrogens (tertiary/aromatic N) is 3. The first-order valence-electron chi connectivity index (χ1n) is 7.98. The molecule has 0 fully saturated rings. The second kappa shape index (κ2) is 6.26. The maximum atomic E-state index is 5.94. The van der Waals surface area contributed by atoms with E-state index < -0.39 is 0 Å². The first kappa shape index (κ1) is 14.6. The summed E-state index contributed by atoms with van der Waals surface area (Å²) in [7, 11) is 0. The summed E-state index contributed by atoms with van der Waals surface area (Å²) in [4.78, 5) is 11.7. The summed E-state index contributed by atoms with van der Waals surface area (Å²) >= 11 is 5.94. The van der Waals surface area contributed by atoms with Crippen molar-refractivity contribution in [2.45, 2.75) is 19.4 Å². The molecule has 0 radical (unpaired) electrons. The van der Waals surface area contributed by atoms with E-state index in [1.807, 2.05) is 30.5 Å². The van der Waals surface area contributed by atoms with Crippen molar-refractivity contribution in [2.75, 3.05) is 13.1 Å². The molecule has 0 N–H and O–H groups in total. The molecule has 1 aromatic carbocycles. The van der Waals surface area contributed by atoms with Gasteiger partial charge in [-0.2, -0.15) is 0 Å². The molecule has 23 heavy (non-hydrogen) atoms. The SMILES string of the molecule is Clc1ccc(CCN2CCc3nc4cccnc4cc3C2)cc1. The first-order chi connectivity index (χ1) is 11.3. The van der Waals surface area contributed by atoms with Gasteiger partial charge in [0, 0.05) is 43.0 Å². The van der Waals surface area contributed by atoms with E-state index in [9.17, 15) is 0 Å². The van der Waals surface area contributed by atoms with Crippen LogP contribution in [0.4, 0.5) is 0 Å². The Morgan fingerprint density at radius 2 is 1.96 bits per heavy atom. The number of rotatable bonds is 3. The topological polar surface area (TPSA) is 29.0 Å². The lowest BCUT2D eigenvalue weighted by Gasteiger charge is -2.28. The molecule has 0 saturated heterocycles. The van der Waals surface area contributed by atoms with Gasteiger partial charge in [0.25, 0.3) is 0 Å². The average molecular weight is 324 g/mol. The number of fused-ring (bicyclic) bond motifs is 2. The lowest BCUT2D eigenvalue weighted by molar-refractivity contribution is 0.255. The Kier molecular flexibility index (Phi) is 3.98. The van der Waals surface area contributed by atoms with Crippen LogP contribution in [-0.2, 0) is 19.4 Å². The van der Waals surface area contributed by atoms with Crippen LogP contribution in [0.15, 0.2) is 48.7 Å². The van der Waals surface area contributed by atoms with Gasteiger partial charge >= 0.3 is 0 Å². The number of pyridine rings is 2. The summed E-state index contributed by atoms with van der Waals surface area (Å²) in [5.74, 6) is 0. The first-order valence-corrected chi connectivity index (χ1v) is 8.36. The third-order valence-electron chi connectivity index (χ3n) is 4.44. The fraction of sp³-hybridized carbons (Fsp3) is 0.263. The summed E-state index contributed by atoms with van der Waals surface area (Å²) in [5, 5.41) is 0.797. The van der Waals surface area contributed by atoms with Crippen LogP contribution >= 0.6 is 11.6 Å². The predicted octanol–water partition coefficient (Wildman–Crippen LogP) is 3.88. The normalized spacial score (nSPS) is 14.8. The molecule has 3 aromatic rings. The van der Waals surface area contributed by atoms with Crippen molar-refractivity contribution in [3.63, 3.8) is 0 Å². The zero-order chi connectivity index (χ0) is 15.6. The number of aromatic nitrogens is 2. The molecule has 0 bridgehead atoms. The average Bonchev–Trinajstić information content (AvgIpc) is 2.59. The monoisotopic (exact) mass is 323 g/mol. The highest BCUT2D eigenvalue weighted by atomic mass is 35.5. The van der Waals surface area contributed by atoms with Crippen molar-refractivity contribution in [2.24, 2.45) is 0 Å². The Balaban J connectivity index is 1.47. The van der Waals surface area contributed by atoms with E-state index >= 15 is 0 Å². The second-order valence-corrected chi connectivity index (χ2v) is 6.47. The van der Waals surface area contributed by atoms with Gasteiger partial charge in [-0.05, 0) is 47.9 Å². The molecule has 1 aliphatic rings. The van der Waals surface area contributed by atoms with Gasteiger partial charge in [0.05, 0.1) is 11.0 Å². The zero-order valence-corrected chi connectivity index (χ0v) is 13.6. The fourth-order valence-corrected chi connectivity index (χ4v) is 3.27. The molecular weight excluding hydrogens is 306 g/mol. The Morgan fingerprint density at radius 3 is 2.83 bits per heavy atom. The van der Waals surface area contributed by atoms with Gasteiger partial charge in [-0.15, -0.1) is 0 Å². The quantitative estimate of drug-likeness (QED) is 0.732. The molecule has 0 saturated carbocycles. The van der Waals surface area contributed by atoms with Crippen molar-refractivity contribution < 1.29 is 0 Å². The molecule has 2 aromatic heterocycles. The van der Waals surface area contributed by atoms with E-state index in [-0.39, 0.29) is 0 Å². The van der Waals surface area contributed by atoms with Crippen molar-refractivity contribution in [1.82, 2.24) is 14.9 Å². The summed E-state index contributed by atoms with van der Waals surface area (Å²) in [6, 6.07) is 14.3. The maximum Gasteiger partial charge on any atom is 0.0890 e. The molecule has 0 aliphatic carbocycles. The van der Waals surface area contributed by atoms with Crippen LogP contribution in [-0.4, -0.2) is 28.0 Å². The van der Waals surface area contributed by atoms with Crippen LogP contribution in [0.25, 0.3) is 11.0 Å². The smallest absolute Gasteiger partial charge is 0.0890 e. The summed E-state index contributed by atoms with van der Waals surface area (Å²) in [6.07, 6.45) is 3.89. The molecule has 3 heterocycles. The lowest BCUT2D eigenvalue weighted by Crippen LogP contribution is -2.32. The highest BCUT2D eigenvalue weighted by Gasteiger charge is 2.18. The minimum absolute atomic E-state index is 0.797. The third kappa shape index (κ3) is 3.21. The number of hydrogen-bond donors (Lipinski definition) is 0. The van der Waals surface area contributed by atoms with Gasteiger partial charge in [0.2, 0.25) is 0 Å². The van der Waals surface area contributed by atoms with Crippen LogP contribution in [0.3, 0.4) is 0 Å². The molecule has 4 heteroatoms. The van der Waals surface area contributed by atoms with Crippen molar-refractivity contribution in [1.29, 1.82) is 0 Å². The number of benzene rings is 1. The minimum atomic E-state index is 0.797. The maximum absolute atomic E-state index is 5.94. The molecule has 116 valence electrons. The van der Waals surface area contributed by atoms with Crippen LogP contribution in [0, 0.1) is 0 Å². The van der Waals surface area contributed by atoms with Crippen molar-refractivity contribution in [3.8, 4) is 0 Å². The van der Waals surface area contributed by atoms with Crippen LogP contribution in [0.1, 0.15) is 16.8 Å². The molecule has 0 unspecified atom stereocenters. The zero-order valence-electron chi connectivity index (χ0n) is 12.9. The van der Waals surface area contributed by atoms with Gasteiger partial charge in [-0.3, -0.25) is 14.9 Å². The Bertz CT molecular complexity index is 830. The molecule has 0 amide bonds. The predicted molar refractivity (Wildman–Crippen MR) is 93.7 cm³/mol. The largest absolute Gasteiger partial charge is 0.298 e. The van der Waals surface area contributed by atoms with Crippen LogP contribution in [0.2, 0.25) is 5.02 Å². The molecule has 1 aliphatic heterocycles. The standard InChI is InChI=1S/C19H18ClN3/c20-16-5-3-14(4-6-16)7-10-23-11-8-17-15(13-23)12-19-18(22-17)2-1-9-21-19/h1-6,9,12H,7-8,10-11,13H2. The van der Waals surface area contributed by atoms with Crippen LogP contribution < -0.4 is 0 Å². The van der Waals surface area contributed by atoms with E-state index in [1.54, 1.807) is 0 Å². The fourth-order valence-electron chi connectivity index (χ4n) is 3.15. The highest BCUT2D eigenvalue weighted by molar-refractivity contribution is 6.30. The second-order valence-electron chi connectivity index (χ2n) is 6.04. The van der Waals surface area contributed by atoms with E-state index in [0.29, 0.717) is 0 Å². The molecule has 4 rings (SSSR count). The molecule has 0 spiro atoms. The van der Waals surface area contributed by atoms with Crippen molar-refractivity contribution in [3.05, 3.63) is 70.5 Å². The summed E-state index contributed by atoms with van der Waals surface area (Å²) < 4.78 is 0. The Labute approximate surface area is 140 Å². The van der Waals surface area contributed by atoms with Gasteiger partial charge in [-0.1, -0.05) is 23.7 Å². The summed E-state index contributed by atoms with van der Waals surface area (Å²) in [5.41, 5.74) is 5.87. The summed E-state index contributed by atoms with van der Waals surface area (Å²) in [6.45, 7) is 3.09. The lowest BCUT2D eigenvalue weighted by atomic mass is 10.0. The van der Waals surface area contributed by atoms with E-state index in [4.69, 9.17) is 16.6 Å². The Hall–Kier alpha value is -1.97. The minimum Gasteiger partial charge on any atom is -0.298 e. The van der Waals surface area contributed by atoms with E-state index in [2.05, 4.69) is 28.1 Å². The van der Waals surface area contributed by atoms with E-state index in [1.165, 1.54) is 16.8 Å². The molecule has 3 nitrogen and oxygen atoms in total. The number of halogens is 1. The van der Waals surface area contributed by atoms with Crippen molar-refractivity contribution >= 4 is 22.6 Å². The number of hydrogen-bond acceptors (Lipinski definition) is 3. The molecule has 0 atom stereocenters. The third-order valence-corrected chi connectivity index (χ3v) is 4.69. The Morgan fingerprint density at radius 1 is 1.09 bits per heavy atom. The van der Waals surface area contributed by atoms with Gasteiger partial charge in [0.15, 0.2) is 0 Å².